The van der Waals surface area contributed by atoms with Gasteiger partial charge in [0.05, 0.1) is 5.56 Å². The first kappa shape index (κ1) is 18.3. The van der Waals surface area contributed by atoms with Crippen LogP contribution in [0, 0.1) is 0 Å². The molecule has 1 N–H and O–H groups in total. The number of phenolic OH excluding ortho intramolecular Hbond substituents is 1. The molecular formula is C16H21F3O3. The minimum Gasteiger partial charge on any atom is -0.508 e. The molecular weight excluding hydrogens is 297 g/mol. The predicted octanol–water partition coefficient (Wildman–Crippen LogP) is 4.84. The lowest BCUT2D eigenvalue weighted by atomic mass is 10.1. The molecule has 22 heavy (non-hydrogen) atoms. The summed E-state index contributed by atoms with van der Waals surface area (Å²) in [6.45, 7) is 1.97. The van der Waals surface area contributed by atoms with Crippen LogP contribution in [0.5, 0.6) is 5.75 Å². The summed E-state index contributed by atoms with van der Waals surface area (Å²) in [5, 5.41) is 9.17. The number of carbonyl (C=O) groups excluding carboxylic acids is 1. The molecule has 3 nitrogen and oxygen atoms in total. The van der Waals surface area contributed by atoms with Crippen LogP contribution < -0.4 is 0 Å². The zero-order valence-electron chi connectivity index (χ0n) is 12.5. The Morgan fingerprint density at radius 3 is 2.32 bits per heavy atom. The fraction of sp³-hybridized carbons (Fsp3) is 0.562. The molecule has 124 valence electrons. The molecule has 6 heteroatoms. The predicted molar refractivity (Wildman–Crippen MR) is 76.7 cm³/mol. The highest BCUT2D eigenvalue weighted by atomic mass is 19.4. The van der Waals surface area contributed by atoms with E-state index in [4.69, 9.17) is 4.74 Å². The van der Waals surface area contributed by atoms with Crippen molar-refractivity contribution < 1.29 is 27.8 Å². The lowest BCUT2D eigenvalue weighted by molar-refractivity contribution is -0.136. The molecule has 0 saturated heterocycles. The zero-order chi connectivity index (χ0) is 16.6. The molecule has 0 aromatic heterocycles. The van der Waals surface area contributed by atoms with E-state index < -0.39 is 24.7 Å². The third-order valence-corrected chi connectivity index (χ3v) is 3.24. The van der Waals surface area contributed by atoms with Crippen molar-refractivity contribution in [1.29, 1.82) is 0 Å². The number of halogens is 3. The van der Waals surface area contributed by atoms with Crippen molar-refractivity contribution in [2.75, 3.05) is 0 Å². The Bertz CT molecular complexity index is 455. The molecule has 0 aliphatic rings. The first-order valence-electron chi connectivity index (χ1n) is 7.38. The number of hydrogen-bond acceptors (Lipinski definition) is 3. The van der Waals surface area contributed by atoms with E-state index in [1.165, 1.54) is 24.3 Å². The van der Waals surface area contributed by atoms with E-state index in [0.29, 0.717) is 6.42 Å². The molecule has 0 bridgehead atoms. The average molecular weight is 318 g/mol. The van der Waals surface area contributed by atoms with Crippen molar-refractivity contribution in [3.05, 3.63) is 29.8 Å². The number of aromatic hydroxyl groups is 1. The summed E-state index contributed by atoms with van der Waals surface area (Å²) in [5.74, 6) is -0.544. The second-order valence-corrected chi connectivity index (χ2v) is 5.22. The van der Waals surface area contributed by atoms with E-state index >= 15 is 0 Å². The fourth-order valence-corrected chi connectivity index (χ4v) is 2.04. The summed E-state index contributed by atoms with van der Waals surface area (Å²) in [6, 6.07) is 5.57. The van der Waals surface area contributed by atoms with E-state index in [2.05, 4.69) is 0 Å². The van der Waals surface area contributed by atoms with Crippen LogP contribution in [-0.2, 0) is 4.74 Å². The van der Waals surface area contributed by atoms with Crippen molar-refractivity contribution in [1.82, 2.24) is 0 Å². The summed E-state index contributed by atoms with van der Waals surface area (Å²) in [4.78, 5) is 12.0. The van der Waals surface area contributed by atoms with Gasteiger partial charge in [0.1, 0.15) is 11.9 Å². The van der Waals surface area contributed by atoms with Crippen molar-refractivity contribution in [2.45, 2.75) is 57.7 Å². The number of esters is 1. The molecule has 1 aromatic rings. The van der Waals surface area contributed by atoms with Crippen LogP contribution >= 0.6 is 0 Å². The van der Waals surface area contributed by atoms with E-state index in [1.807, 2.05) is 6.92 Å². The van der Waals surface area contributed by atoms with Gasteiger partial charge in [-0.25, -0.2) is 4.79 Å². The van der Waals surface area contributed by atoms with Crippen molar-refractivity contribution in [2.24, 2.45) is 0 Å². The maximum atomic E-state index is 12.2. The Labute approximate surface area is 128 Å². The zero-order valence-corrected chi connectivity index (χ0v) is 12.5. The third-order valence-electron chi connectivity index (χ3n) is 3.24. The van der Waals surface area contributed by atoms with Crippen molar-refractivity contribution in [3.63, 3.8) is 0 Å². The highest BCUT2D eigenvalue weighted by Gasteiger charge is 2.27. The minimum atomic E-state index is -4.18. The van der Waals surface area contributed by atoms with E-state index in [-0.39, 0.29) is 24.2 Å². The molecule has 0 saturated carbocycles. The molecule has 0 spiro atoms. The number of phenols is 1. The number of ether oxygens (including phenoxy) is 1. The highest BCUT2D eigenvalue weighted by Crippen LogP contribution is 2.24. The SMILES string of the molecule is CCCC[C@H](CCCC(F)(F)F)OC(=O)c1ccc(O)cc1. The lowest BCUT2D eigenvalue weighted by Gasteiger charge is -2.18. The lowest BCUT2D eigenvalue weighted by Crippen LogP contribution is -2.19. The van der Waals surface area contributed by atoms with Crippen LogP contribution in [0.1, 0.15) is 55.8 Å². The standard InChI is InChI=1S/C16H21F3O3/c1-2-3-5-14(6-4-11-16(17,18)19)22-15(21)12-7-9-13(20)10-8-12/h7-10,14,20H,2-6,11H2,1H3/t14-/m1/s1. The number of unbranched alkanes of at least 4 members (excludes halogenated alkanes) is 1. The number of benzene rings is 1. The molecule has 1 aromatic carbocycles. The van der Waals surface area contributed by atoms with Crippen molar-refractivity contribution >= 4 is 5.97 Å². The maximum Gasteiger partial charge on any atom is 0.389 e. The number of carbonyl (C=O) groups is 1. The monoisotopic (exact) mass is 318 g/mol. The fourth-order valence-electron chi connectivity index (χ4n) is 2.04. The summed E-state index contributed by atoms with van der Waals surface area (Å²) < 4.78 is 41.9. The van der Waals surface area contributed by atoms with Gasteiger partial charge in [-0.15, -0.1) is 0 Å². The Morgan fingerprint density at radius 2 is 1.77 bits per heavy atom. The Kier molecular flexibility index (Phi) is 7.21. The first-order chi connectivity index (χ1) is 10.3. The molecule has 0 amide bonds. The van der Waals surface area contributed by atoms with Gasteiger partial charge in [-0.1, -0.05) is 19.8 Å². The Balaban J connectivity index is 2.55. The molecule has 0 aliphatic heterocycles. The second kappa shape index (κ2) is 8.66. The molecule has 0 unspecified atom stereocenters. The summed E-state index contributed by atoms with van der Waals surface area (Å²) in [6.07, 6.45) is -3.19. The maximum absolute atomic E-state index is 12.2. The number of rotatable bonds is 8. The molecule has 0 heterocycles. The van der Waals surface area contributed by atoms with E-state index in [1.54, 1.807) is 0 Å². The quantitative estimate of drug-likeness (QED) is 0.698. The normalized spacial score (nSPS) is 12.9. The van der Waals surface area contributed by atoms with Crippen LogP contribution in [0.25, 0.3) is 0 Å². The number of hydrogen-bond donors (Lipinski definition) is 1. The van der Waals surface area contributed by atoms with Gasteiger partial charge in [0.15, 0.2) is 0 Å². The molecule has 0 fully saturated rings. The average Bonchev–Trinajstić information content (AvgIpc) is 2.43. The van der Waals surface area contributed by atoms with Crippen molar-refractivity contribution in [3.8, 4) is 5.75 Å². The van der Waals surface area contributed by atoms with Crippen LogP contribution in [0.2, 0.25) is 0 Å². The smallest absolute Gasteiger partial charge is 0.389 e. The third kappa shape index (κ3) is 7.33. The van der Waals surface area contributed by atoms with Gasteiger partial charge < -0.3 is 9.84 Å². The van der Waals surface area contributed by atoms with Gasteiger partial charge in [-0.3, -0.25) is 0 Å². The second-order valence-electron chi connectivity index (χ2n) is 5.22. The van der Waals surface area contributed by atoms with Gasteiger partial charge >= 0.3 is 12.1 Å². The topological polar surface area (TPSA) is 46.5 Å². The molecule has 1 rings (SSSR count). The number of alkyl halides is 3. The molecule has 0 radical (unpaired) electrons. The van der Waals surface area contributed by atoms with Crippen LogP contribution in [-0.4, -0.2) is 23.4 Å². The Hall–Kier alpha value is -1.72. The van der Waals surface area contributed by atoms with Gasteiger partial charge in [0, 0.05) is 6.42 Å². The highest BCUT2D eigenvalue weighted by molar-refractivity contribution is 5.89. The molecule has 0 aliphatic carbocycles. The minimum absolute atomic E-state index is 0.0317. The summed E-state index contributed by atoms with van der Waals surface area (Å²) in [5.41, 5.74) is 0.273. The van der Waals surface area contributed by atoms with Gasteiger partial charge in [-0.2, -0.15) is 13.2 Å². The van der Waals surface area contributed by atoms with Gasteiger partial charge in [-0.05, 0) is 43.5 Å². The largest absolute Gasteiger partial charge is 0.508 e. The van der Waals surface area contributed by atoms with E-state index in [0.717, 1.165) is 12.8 Å². The summed E-state index contributed by atoms with van der Waals surface area (Å²) in [7, 11) is 0. The van der Waals surface area contributed by atoms with Gasteiger partial charge in [0.25, 0.3) is 0 Å². The van der Waals surface area contributed by atoms with Gasteiger partial charge in [0.2, 0.25) is 0 Å². The van der Waals surface area contributed by atoms with Crippen LogP contribution in [0.3, 0.4) is 0 Å². The first-order valence-corrected chi connectivity index (χ1v) is 7.38. The summed E-state index contributed by atoms with van der Waals surface area (Å²) >= 11 is 0. The Morgan fingerprint density at radius 1 is 1.18 bits per heavy atom. The van der Waals surface area contributed by atoms with Crippen LogP contribution in [0.15, 0.2) is 24.3 Å². The van der Waals surface area contributed by atoms with Crippen LogP contribution in [0.4, 0.5) is 13.2 Å². The molecule has 1 atom stereocenters. The van der Waals surface area contributed by atoms with E-state index in [9.17, 15) is 23.1 Å².